The summed E-state index contributed by atoms with van der Waals surface area (Å²) in [7, 11) is 0. The molecule has 0 aliphatic rings. The number of unbranched alkanes of at least 4 members (excludes halogenated alkanes) is 3. The first-order valence-electron chi connectivity index (χ1n) is 11.7. The molecule has 2 rings (SSSR count). The van der Waals surface area contributed by atoms with Crippen molar-refractivity contribution in [1.82, 2.24) is 0 Å². The molecule has 0 atom stereocenters. The number of rotatable bonds is 9. The van der Waals surface area contributed by atoms with Crippen molar-refractivity contribution in [3.05, 3.63) is 73.9 Å². The van der Waals surface area contributed by atoms with Gasteiger partial charge in [0.05, 0.1) is 5.09 Å². The first-order chi connectivity index (χ1) is 19.5. The Labute approximate surface area is 282 Å². The van der Waals surface area contributed by atoms with E-state index < -0.39 is 5.09 Å². The van der Waals surface area contributed by atoms with E-state index in [-0.39, 0.29) is 46.2 Å². The van der Waals surface area contributed by atoms with Crippen LogP contribution < -0.4 is 33.6 Å². The molecule has 42 heavy (non-hydrogen) atoms. The van der Waals surface area contributed by atoms with Gasteiger partial charge in [0.1, 0.15) is 0 Å². The fourth-order valence-corrected chi connectivity index (χ4v) is 2.95. The summed E-state index contributed by atoms with van der Waals surface area (Å²) in [6, 6.07) is 14.1. The molecule has 0 aromatic heterocycles. The largest absolute Gasteiger partial charge is 1.00 e. The number of hydrogen-bond donors (Lipinski definition) is 6. The van der Waals surface area contributed by atoms with Crippen LogP contribution in [0.3, 0.4) is 0 Å². The molecule has 0 bridgehead atoms. The number of carbonyl (C=O) groups is 1. The van der Waals surface area contributed by atoms with Gasteiger partial charge in [-0.2, -0.15) is 9.98 Å². The van der Waals surface area contributed by atoms with Crippen LogP contribution in [0.5, 0.6) is 0 Å². The molecule has 0 aliphatic heterocycles. The van der Waals surface area contributed by atoms with Gasteiger partial charge in [-0.15, -0.1) is 0 Å². The average Bonchev–Trinajstić information content (AvgIpc) is 2.88. The molecule has 2 aromatic carbocycles. The molecule has 0 unspecified atom stereocenters. The second-order valence-corrected chi connectivity index (χ2v) is 8.85. The summed E-state index contributed by atoms with van der Waals surface area (Å²) >= 11 is 13.3. The van der Waals surface area contributed by atoms with Gasteiger partial charge in [0.15, 0.2) is 4.29 Å². The van der Waals surface area contributed by atoms with Crippen molar-refractivity contribution in [3.63, 3.8) is 0 Å². The van der Waals surface area contributed by atoms with Crippen LogP contribution in [0.2, 0.25) is 10.0 Å². The average molecular weight is 831 g/mol. The van der Waals surface area contributed by atoms with E-state index in [1.54, 1.807) is 71.1 Å². The molecular formula is C23H31AgCl2IN11O4. The summed E-state index contributed by atoms with van der Waals surface area (Å²) in [5.74, 6) is 0.564. The molecule has 0 radical (unpaired) electrons. The Balaban J connectivity index is 0. The van der Waals surface area contributed by atoms with Gasteiger partial charge in [0.25, 0.3) is 0 Å². The topological polar surface area (TPSA) is 261 Å². The SMILES string of the molecule is NC(=NCCCCCCN=C(N)N=C(N)Nc1ccc(Cl)cc1)N=C(N)Nc1ccc(Cl)cc1.O=CI.O=[N+]([O-])[O-].[Ag+]. The maximum absolute atomic E-state index is 8.79. The minimum Gasteiger partial charge on any atom is -0.369 e. The Morgan fingerprint density at radius 3 is 1.33 bits per heavy atom. The van der Waals surface area contributed by atoms with Gasteiger partial charge in [0, 0.05) is 34.5 Å². The summed E-state index contributed by atoms with van der Waals surface area (Å²) in [6.45, 7) is 1.12. The van der Waals surface area contributed by atoms with Gasteiger partial charge in [0.2, 0.25) is 23.8 Å². The van der Waals surface area contributed by atoms with Crippen LogP contribution in [-0.2, 0) is 27.2 Å². The van der Waals surface area contributed by atoms with Crippen molar-refractivity contribution in [1.29, 1.82) is 0 Å². The van der Waals surface area contributed by atoms with E-state index in [4.69, 9.17) is 66.3 Å². The fourth-order valence-electron chi connectivity index (χ4n) is 2.70. The number of guanidine groups is 4. The molecule has 0 aliphatic carbocycles. The molecule has 0 heterocycles. The Bertz CT molecular complexity index is 1100. The monoisotopic (exact) mass is 829 g/mol. The molecule has 19 heteroatoms. The molecule has 0 amide bonds. The van der Waals surface area contributed by atoms with E-state index in [0.717, 1.165) is 41.4 Å². The molecule has 0 saturated carbocycles. The first kappa shape index (κ1) is 41.0. The van der Waals surface area contributed by atoms with Crippen LogP contribution in [0.4, 0.5) is 11.4 Å². The van der Waals surface area contributed by atoms with Gasteiger partial charge in [-0.05, 0) is 84.0 Å². The molecule has 234 valence electrons. The summed E-state index contributed by atoms with van der Waals surface area (Å²) in [5, 5.41) is 21.9. The van der Waals surface area contributed by atoms with Crippen LogP contribution in [0.15, 0.2) is 68.5 Å². The summed E-state index contributed by atoms with van der Waals surface area (Å²) in [6.07, 6.45) is 3.68. The Morgan fingerprint density at radius 2 is 1.05 bits per heavy atom. The minimum atomic E-state index is -1.75. The van der Waals surface area contributed by atoms with Crippen molar-refractivity contribution in [2.24, 2.45) is 42.9 Å². The summed E-state index contributed by atoms with van der Waals surface area (Å²) < 4.78 is 0.720. The number of carbonyl (C=O) groups excluding carboxylic acids is 1. The Kier molecular flexibility index (Phi) is 24.9. The number of aliphatic imine (C=N–C) groups is 4. The molecule has 15 nitrogen and oxygen atoms in total. The van der Waals surface area contributed by atoms with Crippen LogP contribution in [0.1, 0.15) is 25.7 Å². The predicted molar refractivity (Wildman–Crippen MR) is 176 cm³/mol. The zero-order valence-electron chi connectivity index (χ0n) is 22.1. The van der Waals surface area contributed by atoms with Gasteiger partial charge < -0.3 is 48.9 Å². The predicted octanol–water partition coefficient (Wildman–Crippen LogP) is 3.71. The van der Waals surface area contributed by atoms with Crippen molar-refractivity contribution < 1.29 is 32.3 Å². The van der Waals surface area contributed by atoms with Crippen molar-refractivity contribution in [2.45, 2.75) is 25.7 Å². The van der Waals surface area contributed by atoms with Crippen LogP contribution >= 0.6 is 45.8 Å². The molecule has 0 fully saturated rings. The Morgan fingerprint density at radius 1 is 0.762 bits per heavy atom. The van der Waals surface area contributed by atoms with Crippen LogP contribution in [0, 0.1) is 15.3 Å². The summed E-state index contributed by atoms with van der Waals surface area (Å²) in [4.78, 5) is 33.5. The first-order valence-corrected chi connectivity index (χ1v) is 13.7. The number of anilines is 2. The molecular weight excluding hydrogens is 800 g/mol. The van der Waals surface area contributed by atoms with E-state index in [1.807, 2.05) is 0 Å². The Hall–Kier alpha value is -3.16. The quantitative estimate of drug-likeness (QED) is 0.0246. The van der Waals surface area contributed by atoms with Crippen LogP contribution in [0.25, 0.3) is 0 Å². The number of halogens is 3. The van der Waals surface area contributed by atoms with Crippen molar-refractivity contribution in [2.75, 3.05) is 23.7 Å². The van der Waals surface area contributed by atoms with Gasteiger partial charge in [-0.3, -0.25) is 14.8 Å². The molecule has 0 saturated heterocycles. The van der Waals surface area contributed by atoms with Crippen molar-refractivity contribution >= 4 is 85.3 Å². The second-order valence-electron chi connectivity index (χ2n) is 7.46. The number of hydrogen-bond acceptors (Lipinski definition) is 6. The second kappa shape index (κ2) is 25.5. The third kappa shape index (κ3) is 24.6. The number of nitrogens with zero attached hydrogens (tertiary/aromatic N) is 5. The van der Waals surface area contributed by atoms with E-state index in [9.17, 15) is 0 Å². The third-order valence-electron chi connectivity index (χ3n) is 4.32. The molecule has 2 aromatic rings. The van der Waals surface area contributed by atoms with Gasteiger partial charge in [-0.25, -0.2) is 0 Å². The van der Waals surface area contributed by atoms with Gasteiger partial charge in [-0.1, -0.05) is 36.0 Å². The van der Waals surface area contributed by atoms with E-state index in [2.05, 4.69) is 30.6 Å². The number of nitrogens with two attached hydrogens (primary N) is 4. The maximum Gasteiger partial charge on any atom is 1.00 e. The van der Waals surface area contributed by atoms with Crippen LogP contribution in [-0.4, -0.2) is 46.3 Å². The van der Waals surface area contributed by atoms with Crippen molar-refractivity contribution in [3.8, 4) is 0 Å². The van der Waals surface area contributed by atoms with Gasteiger partial charge >= 0.3 is 22.4 Å². The number of benzene rings is 2. The smallest absolute Gasteiger partial charge is 0.369 e. The maximum atomic E-state index is 8.79. The normalized spacial score (nSPS) is 11.5. The standard InChI is InChI=1S/C22H30Cl2N10.CHIO.Ag.NO3/c23-15-5-9-17(10-6-15)31-21(27)33-19(25)29-13-3-1-2-4-14-30-20(26)34-22(28)32-18-11-7-16(24)8-12-18;2-1-3;;2-1(3)4/h5-12H,1-4,13-14H2,(H5,25,27,29,31,33)(H5,26,28,30,32,34);1H;;/q;;+1;-1. The van der Waals surface area contributed by atoms with E-state index in [0.29, 0.717) is 23.1 Å². The summed E-state index contributed by atoms with van der Waals surface area (Å²) in [5.41, 5.74) is 24.8. The zero-order valence-corrected chi connectivity index (χ0v) is 27.2. The van der Waals surface area contributed by atoms with E-state index >= 15 is 0 Å². The fraction of sp³-hybridized carbons (Fsp3) is 0.261. The third-order valence-corrected chi connectivity index (χ3v) is 4.82. The number of nitrogens with one attached hydrogen (secondary N) is 2. The minimum absolute atomic E-state index is 0. The molecule has 10 N–H and O–H groups in total. The zero-order chi connectivity index (χ0) is 31.0. The molecule has 0 spiro atoms. The van der Waals surface area contributed by atoms with E-state index in [1.165, 1.54) is 0 Å².